The van der Waals surface area contributed by atoms with Gasteiger partial charge in [-0.05, 0) is 48.7 Å². The predicted octanol–water partition coefficient (Wildman–Crippen LogP) is 2.70. The van der Waals surface area contributed by atoms with E-state index in [4.69, 9.17) is 12.2 Å². The van der Waals surface area contributed by atoms with E-state index in [2.05, 4.69) is 23.8 Å². The second kappa shape index (κ2) is 5.68. The van der Waals surface area contributed by atoms with Gasteiger partial charge in [0.2, 0.25) is 0 Å². The third-order valence-electron chi connectivity index (χ3n) is 4.14. The Balaban J connectivity index is 1.97. The van der Waals surface area contributed by atoms with E-state index in [1.165, 1.54) is 0 Å². The summed E-state index contributed by atoms with van der Waals surface area (Å²) < 4.78 is 0.266. The van der Waals surface area contributed by atoms with Gasteiger partial charge in [-0.15, -0.1) is 0 Å². The highest BCUT2D eigenvalue weighted by Crippen LogP contribution is 2.23. The zero-order valence-corrected chi connectivity index (χ0v) is 13.5. The van der Waals surface area contributed by atoms with Crippen molar-refractivity contribution in [1.29, 1.82) is 0 Å². The van der Waals surface area contributed by atoms with Crippen LogP contribution in [-0.4, -0.2) is 33.9 Å². The summed E-state index contributed by atoms with van der Waals surface area (Å²) in [5.74, 6) is 1.04. The molecule has 0 radical (unpaired) electrons. The molecule has 0 spiro atoms. The number of carbonyl (C=O) groups excluding carboxylic acids is 1. The van der Waals surface area contributed by atoms with Crippen molar-refractivity contribution in [2.45, 2.75) is 20.3 Å². The Morgan fingerprint density at radius 1 is 1.23 bits per heavy atom. The number of hydrogen-bond acceptors (Lipinski definition) is 3. The van der Waals surface area contributed by atoms with Crippen molar-refractivity contribution in [3.05, 3.63) is 38.9 Å². The van der Waals surface area contributed by atoms with Crippen LogP contribution < -0.4 is 5.56 Å². The maximum absolute atomic E-state index is 12.7. The normalized spacial score (nSPS) is 22.0. The van der Waals surface area contributed by atoms with Gasteiger partial charge in [0.05, 0.1) is 10.9 Å². The second-order valence-corrected chi connectivity index (χ2v) is 6.73. The van der Waals surface area contributed by atoms with Crippen LogP contribution in [0, 0.1) is 16.6 Å². The molecular weight excluding hydrogens is 298 g/mol. The van der Waals surface area contributed by atoms with Crippen LogP contribution in [0.25, 0.3) is 10.9 Å². The fourth-order valence-corrected chi connectivity index (χ4v) is 3.52. The van der Waals surface area contributed by atoms with Gasteiger partial charge in [0, 0.05) is 18.7 Å². The monoisotopic (exact) mass is 317 g/mol. The van der Waals surface area contributed by atoms with Crippen molar-refractivity contribution in [3.63, 3.8) is 0 Å². The molecule has 1 aromatic heterocycles. The van der Waals surface area contributed by atoms with Gasteiger partial charge in [0.15, 0.2) is 4.77 Å². The minimum absolute atomic E-state index is 0.0138. The van der Waals surface area contributed by atoms with Gasteiger partial charge in [-0.2, -0.15) is 0 Å². The molecule has 1 aliphatic heterocycles. The molecule has 0 bridgehead atoms. The maximum atomic E-state index is 12.7. The van der Waals surface area contributed by atoms with Crippen molar-refractivity contribution < 1.29 is 4.79 Å². The molecule has 5 nitrogen and oxygen atoms in total. The number of H-pyrrole nitrogens is 2. The van der Waals surface area contributed by atoms with Crippen LogP contribution in [0.2, 0.25) is 0 Å². The van der Waals surface area contributed by atoms with Gasteiger partial charge in [0.1, 0.15) is 0 Å². The highest BCUT2D eigenvalue weighted by atomic mass is 32.1. The topological polar surface area (TPSA) is 69.0 Å². The molecule has 0 unspecified atom stereocenters. The summed E-state index contributed by atoms with van der Waals surface area (Å²) in [5, 5.41) is 0.505. The van der Waals surface area contributed by atoms with E-state index in [0.717, 1.165) is 19.5 Å². The average molecular weight is 317 g/mol. The fourth-order valence-electron chi connectivity index (χ4n) is 3.31. The van der Waals surface area contributed by atoms with Crippen LogP contribution in [-0.2, 0) is 0 Å². The summed E-state index contributed by atoms with van der Waals surface area (Å²) in [4.78, 5) is 31.9. The van der Waals surface area contributed by atoms with Crippen molar-refractivity contribution in [2.24, 2.45) is 11.8 Å². The second-order valence-electron chi connectivity index (χ2n) is 6.32. The van der Waals surface area contributed by atoms with Crippen molar-refractivity contribution in [3.8, 4) is 0 Å². The number of amides is 1. The molecule has 22 heavy (non-hydrogen) atoms. The Kier molecular flexibility index (Phi) is 3.87. The lowest BCUT2D eigenvalue weighted by molar-refractivity contribution is 0.0623. The minimum Gasteiger partial charge on any atom is -0.338 e. The first-order valence-electron chi connectivity index (χ1n) is 7.49. The van der Waals surface area contributed by atoms with Gasteiger partial charge in [-0.25, -0.2) is 0 Å². The zero-order valence-electron chi connectivity index (χ0n) is 12.7. The smallest absolute Gasteiger partial charge is 0.259 e. The number of nitrogens with zero attached hydrogens (tertiary/aromatic N) is 1. The van der Waals surface area contributed by atoms with E-state index in [9.17, 15) is 9.59 Å². The highest BCUT2D eigenvalue weighted by molar-refractivity contribution is 7.71. The van der Waals surface area contributed by atoms with Crippen LogP contribution >= 0.6 is 12.2 Å². The van der Waals surface area contributed by atoms with Crippen molar-refractivity contribution >= 4 is 29.0 Å². The van der Waals surface area contributed by atoms with E-state index in [1.54, 1.807) is 18.2 Å². The maximum Gasteiger partial charge on any atom is 0.259 e. The lowest BCUT2D eigenvalue weighted by atomic mass is 9.91. The van der Waals surface area contributed by atoms with Gasteiger partial charge in [-0.1, -0.05) is 13.8 Å². The molecule has 3 rings (SSSR count). The molecule has 1 aliphatic rings. The number of hydrogen-bond donors (Lipinski definition) is 2. The summed E-state index contributed by atoms with van der Waals surface area (Å²) in [6.07, 6.45) is 1.16. The lowest BCUT2D eigenvalue weighted by Crippen LogP contribution is -2.42. The van der Waals surface area contributed by atoms with E-state index in [1.807, 2.05) is 4.90 Å². The summed E-state index contributed by atoms with van der Waals surface area (Å²) in [6.45, 7) is 5.92. The molecule has 1 fully saturated rings. The molecule has 2 N–H and O–H groups in total. The van der Waals surface area contributed by atoms with Crippen molar-refractivity contribution in [1.82, 2.24) is 14.9 Å². The zero-order chi connectivity index (χ0) is 15.9. The Morgan fingerprint density at radius 2 is 1.91 bits per heavy atom. The van der Waals surface area contributed by atoms with Gasteiger partial charge < -0.3 is 9.88 Å². The van der Waals surface area contributed by atoms with Crippen LogP contribution in [0.3, 0.4) is 0 Å². The minimum atomic E-state index is -0.238. The summed E-state index contributed by atoms with van der Waals surface area (Å²) in [6, 6.07) is 5.09. The molecule has 116 valence electrons. The van der Waals surface area contributed by atoms with Crippen molar-refractivity contribution in [2.75, 3.05) is 13.1 Å². The predicted molar refractivity (Wildman–Crippen MR) is 88.6 cm³/mol. The number of benzene rings is 1. The number of rotatable bonds is 1. The largest absolute Gasteiger partial charge is 0.338 e. The molecule has 0 aliphatic carbocycles. The van der Waals surface area contributed by atoms with E-state index < -0.39 is 0 Å². The number of fused-ring (bicyclic) bond motifs is 1. The number of likely N-dealkylation sites (tertiary alicyclic amines) is 1. The SMILES string of the molecule is C[C@@H]1C[C@H](C)CN(C(=O)c2ccc3c(=O)[nH]c(=S)[nH]c3c2)C1. The molecule has 2 aromatic rings. The Morgan fingerprint density at radius 3 is 2.59 bits per heavy atom. The first-order valence-corrected chi connectivity index (χ1v) is 7.90. The van der Waals surface area contributed by atoms with Gasteiger partial charge in [-0.3, -0.25) is 14.6 Å². The fraction of sp³-hybridized carbons (Fsp3) is 0.438. The molecule has 1 saturated heterocycles. The molecule has 2 heterocycles. The molecule has 1 amide bonds. The molecule has 1 aromatic carbocycles. The third-order valence-corrected chi connectivity index (χ3v) is 4.35. The number of nitrogens with one attached hydrogen (secondary N) is 2. The molecule has 0 saturated carbocycles. The standard InChI is InChI=1S/C16H19N3O2S/c1-9-5-10(2)8-19(7-9)15(21)11-3-4-12-13(6-11)17-16(22)18-14(12)20/h3-4,6,9-10H,5,7-8H2,1-2H3,(H2,17,18,20,22)/t9-,10+. The van der Waals surface area contributed by atoms with E-state index in [-0.39, 0.29) is 16.2 Å². The lowest BCUT2D eigenvalue weighted by Gasteiger charge is -2.35. The average Bonchev–Trinajstić information content (AvgIpc) is 2.44. The Labute approximate surface area is 133 Å². The summed E-state index contributed by atoms with van der Waals surface area (Å²) >= 11 is 4.99. The number of carbonyl (C=O) groups is 1. The third kappa shape index (κ3) is 2.83. The van der Waals surface area contributed by atoms with Gasteiger partial charge >= 0.3 is 0 Å². The van der Waals surface area contributed by atoms with Gasteiger partial charge in [0.25, 0.3) is 11.5 Å². The first kappa shape index (κ1) is 15.0. The van der Waals surface area contributed by atoms with Crippen LogP contribution in [0.15, 0.2) is 23.0 Å². The number of piperidine rings is 1. The Bertz CT molecular complexity index is 829. The number of aromatic nitrogens is 2. The van der Waals surface area contributed by atoms with Crippen LogP contribution in [0.5, 0.6) is 0 Å². The molecule has 2 atom stereocenters. The summed E-state index contributed by atoms with van der Waals surface area (Å²) in [5.41, 5.74) is 0.945. The van der Waals surface area contributed by atoms with E-state index >= 15 is 0 Å². The van der Waals surface area contributed by atoms with Crippen LogP contribution in [0.1, 0.15) is 30.6 Å². The summed E-state index contributed by atoms with van der Waals surface area (Å²) in [7, 11) is 0. The quantitative estimate of drug-likeness (QED) is 0.795. The molecular formula is C16H19N3O2S. The van der Waals surface area contributed by atoms with E-state index in [0.29, 0.717) is 28.3 Å². The highest BCUT2D eigenvalue weighted by Gasteiger charge is 2.26. The van der Waals surface area contributed by atoms with Crippen LogP contribution in [0.4, 0.5) is 0 Å². The Hall–Kier alpha value is -1.95. The number of aromatic amines is 2. The first-order chi connectivity index (χ1) is 10.4. The molecule has 6 heteroatoms.